The molecule has 2 aromatic carbocycles. The summed E-state index contributed by atoms with van der Waals surface area (Å²) in [7, 11) is 0. The zero-order chi connectivity index (χ0) is 16.7. The molecule has 0 amide bonds. The molecule has 0 saturated heterocycles. The van der Waals surface area contributed by atoms with Crippen molar-refractivity contribution in [1.29, 1.82) is 0 Å². The first kappa shape index (κ1) is 15.5. The molecule has 1 atom stereocenters. The summed E-state index contributed by atoms with van der Waals surface area (Å²) in [5.41, 5.74) is 2.11. The number of rotatable bonds is 2. The molecular weight excluding hydrogens is 444 g/mol. The molecule has 0 aliphatic carbocycles. The summed E-state index contributed by atoms with van der Waals surface area (Å²) in [4.78, 5) is 0. The highest BCUT2D eigenvalue weighted by atomic mass is 127. The molecule has 0 radical (unpaired) electrons. The second-order valence-corrected chi connectivity index (χ2v) is 6.89. The molecule has 1 N–H and O–H groups in total. The van der Waals surface area contributed by atoms with E-state index >= 15 is 0 Å². The number of aromatic nitrogens is 4. The topological polar surface area (TPSA) is 55.6 Å². The van der Waals surface area contributed by atoms with Gasteiger partial charge in [-0.25, -0.2) is 4.39 Å². The van der Waals surface area contributed by atoms with Crippen molar-refractivity contribution in [2.24, 2.45) is 0 Å². The van der Waals surface area contributed by atoms with E-state index in [-0.39, 0.29) is 0 Å². The van der Waals surface area contributed by atoms with Crippen LogP contribution in [0.2, 0.25) is 5.02 Å². The highest BCUT2D eigenvalue weighted by Gasteiger charge is 2.28. The van der Waals surface area contributed by atoms with Crippen LogP contribution < -0.4 is 5.32 Å². The average molecular weight is 454 g/mol. The number of nitrogens with zero attached hydrogens (tertiary/aromatic N) is 4. The summed E-state index contributed by atoms with van der Waals surface area (Å²) in [5.74, 6) is 0.0458. The van der Waals surface area contributed by atoms with Crippen molar-refractivity contribution in [3.63, 3.8) is 0 Å². The fraction of sp³-hybridized carbons (Fsp3) is 0.0625. The Labute approximate surface area is 155 Å². The number of nitrogens with one attached hydrogen (secondary N) is 1. The molecule has 1 aromatic heterocycles. The van der Waals surface area contributed by atoms with Gasteiger partial charge in [0.2, 0.25) is 5.95 Å². The lowest BCUT2D eigenvalue weighted by molar-refractivity contribution is 0.540. The molecule has 8 heteroatoms. The van der Waals surface area contributed by atoms with Crippen molar-refractivity contribution in [2.75, 3.05) is 5.32 Å². The quantitative estimate of drug-likeness (QED) is 0.593. The zero-order valence-electron chi connectivity index (χ0n) is 12.1. The Morgan fingerprint density at radius 2 is 1.96 bits per heavy atom. The van der Waals surface area contributed by atoms with Gasteiger partial charge in [-0.1, -0.05) is 34.9 Å². The van der Waals surface area contributed by atoms with Crippen LogP contribution in [-0.4, -0.2) is 20.2 Å². The zero-order valence-corrected chi connectivity index (χ0v) is 15.0. The van der Waals surface area contributed by atoms with Crippen molar-refractivity contribution < 1.29 is 4.39 Å². The van der Waals surface area contributed by atoms with Gasteiger partial charge in [0.15, 0.2) is 0 Å². The largest absolute Gasteiger partial charge is 0.323 e. The molecule has 0 spiro atoms. The molecule has 3 aromatic rings. The molecule has 5 nitrogen and oxygen atoms in total. The van der Waals surface area contributed by atoms with Gasteiger partial charge in [-0.2, -0.15) is 4.68 Å². The van der Waals surface area contributed by atoms with Gasteiger partial charge in [0.25, 0.3) is 0 Å². The maximum absolute atomic E-state index is 14.4. The third-order valence-electron chi connectivity index (χ3n) is 3.78. The van der Waals surface area contributed by atoms with Gasteiger partial charge in [-0.3, -0.25) is 0 Å². The lowest BCUT2D eigenvalue weighted by atomic mass is 10.0. The molecule has 120 valence electrons. The van der Waals surface area contributed by atoms with Gasteiger partial charge < -0.3 is 5.32 Å². The van der Waals surface area contributed by atoms with E-state index in [2.05, 4.69) is 43.4 Å². The Morgan fingerprint density at radius 1 is 1.17 bits per heavy atom. The van der Waals surface area contributed by atoms with E-state index in [0.717, 1.165) is 14.8 Å². The minimum Gasteiger partial charge on any atom is -0.323 e. The fourth-order valence-corrected chi connectivity index (χ4v) is 3.28. The van der Waals surface area contributed by atoms with Crippen LogP contribution in [0.4, 0.5) is 10.3 Å². The second kappa shape index (κ2) is 6.14. The van der Waals surface area contributed by atoms with Gasteiger partial charge in [-0.15, -0.1) is 0 Å². The second-order valence-electron chi connectivity index (χ2n) is 5.24. The monoisotopic (exact) mass is 453 g/mol. The number of halogens is 3. The molecular formula is C16H10ClFIN5. The SMILES string of the molecule is Fc1cccc(Cl)c1[C@@H]1C=C(c2ccc(I)cc2)Nc2nnnn21. The number of hydrogen-bond donors (Lipinski definition) is 1. The Morgan fingerprint density at radius 3 is 2.71 bits per heavy atom. The first-order chi connectivity index (χ1) is 11.6. The van der Waals surface area contributed by atoms with Crippen LogP contribution >= 0.6 is 34.2 Å². The van der Waals surface area contributed by atoms with E-state index in [1.165, 1.54) is 10.7 Å². The molecule has 24 heavy (non-hydrogen) atoms. The smallest absolute Gasteiger partial charge is 0.248 e. The van der Waals surface area contributed by atoms with Gasteiger partial charge >= 0.3 is 0 Å². The lowest BCUT2D eigenvalue weighted by Crippen LogP contribution is -2.21. The fourth-order valence-electron chi connectivity index (χ4n) is 2.65. The normalized spacial score (nSPS) is 16.3. The van der Waals surface area contributed by atoms with Crippen molar-refractivity contribution in [2.45, 2.75) is 6.04 Å². The minimum absolute atomic E-state index is 0.335. The number of hydrogen-bond acceptors (Lipinski definition) is 4. The Hall–Kier alpha value is -2.00. The number of anilines is 1. The van der Waals surface area contributed by atoms with Crippen LogP contribution in [-0.2, 0) is 0 Å². The van der Waals surface area contributed by atoms with Crippen molar-refractivity contribution in [1.82, 2.24) is 20.2 Å². The van der Waals surface area contributed by atoms with E-state index in [9.17, 15) is 4.39 Å². The predicted molar refractivity (Wildman–Crippen MR) is 98.1 cm³/mol. The summed E-state index contributed by atoms with van der Waals surface area (Å²) < 4.78 is 17.0. The Kier molecular flexibility index (Phi) is 3.97. The van der Waals surface area contributed by atoms with Gasteiger partial charge in [-0.05, 0) is 68.9 Å². The van der Waals surface area contributed by atoms with Gasteiger partial charge in [0.05, 0.1) is 0 Å². The van der Waals surface area contributed by atoms with E-state index in [0.29, 0.717) is 16.5 Å². The van der Waals surface area contributed by atoms with Crippen molar-refractivity contribution >= 4 is 45.8 Å². The Bertz CT molecular complexity index is 918. The first-order valence-electron chi connectivity index (χ1n) is 7.10. The van der Waals surface area contributed by atoms with Gasteiger partial charge in [0.1, 0.15) is 11.9 Å². The van der Waals surface area contributed by atoms with E-state index in [4.69, 9.17) is 11.6 Å². The summed E-state index contributed by atoms with van der Waals surface area (Å²) in [6.45, 7) is 0. The molecule has 4 rings (SSSR count). The summed E-state index contributed by atoms with van der Waals surface area (Å²) >= 11 is 8.48. The molecule has 0 fully saturated rings. The van der Waals surface area contributed by atoms with Crippen LogP contribution in [0.5, 0.6) is 0 Å². The first-order valence-corrected chi connectivity index (χ1v) is 8.56. The molecule has 0 unspecified atom stereocenters. The van der Waals surface area contributed by atoms with Crippen molar-refractivity contribution in [3.8, 4) is 0 Å². The highest BCUT2D eigenvalue weighted by Crippen LogP contribution is 2.36. The molecule has 0 bridgehead atoms. The minimum atomic E-state index is -0.528. The number of allylic oxidation sites excluding steroid dienone is 1. The molecule has 0 saturated carbocycles. The van der Waals surface area contributed by atoms with E-state index in [1.807, 2.05) is 30.3 Å². The molecule has 1 aliphatic heterocycles. The van der Waals surface area contributed by atoms with Gasteiger partial charge in [0, 0.05) is 19.9 Å². The number of tetrazole rings is 1. The van der Waals surface area contributed by atoms with Crippen LogP contribution in [0.15, 0.2) is 48.5 Å². The van der Waals surface area contributed by atoms with Crippen LogP contribution in [0.1, 0.15) is 17.2 Å². The highest BCUT2D eigenvalue weighted by molar-refractivity contribution is 14.1. The van der Waals surface area contributed by atoms with E-state index < -0.39 is 11.9 Å². The number of fused-ring (bicyclic) bond motifs is 1. The lowest BCUT2D eigenvalue weighted by Gasteiger charge is -2.24. The molecule has 1 aliphatic rings. The summed E-state index contributed by atoms with van der Waals surface area (Å²) in [6, 6.07) is 12.1. The standard InChI is InChI=1S/C16H10ClFIN5/c17-11-2-1-3-12(18)15(11)14-8-13(9-4-6-10(19)7-5-9)20-16-21-22-23-24(14)16/h1-8,14H,(H,20,21,23)/t14-/m0/s1. The van der Waals surface area contributed by atoms with Crippen LogP contribution in [0.3, 0.4) is 0 Å². The molecule has 2 heterocycles. The number of benzene rings is 2. The average Bonchev–Trinajstić information content (AvgIpc) is 3.04. The third kappa shape index (κ3) is 2.67. The summed E-state index contributed by atoms with van der Waals surface area (Å²) in [5, 5.41) is 15.1. The third-order valence-corrected chi connectivity index (χ3v) is 4.83. The van der Waals surface area contributed by atoms with E-state index in [1.54, 1.807) is 12.1 Å². The Balaban J connectivity index is 1.87. The van der Waals surface area contributed by atoms with Crippen LogP contribution in [0, 0.1) is 9.39 Å². The maximum Gasteiger partial charge on any atom is 0.248 e. The van der Waals surface area contributed by atoms with Crippen LogP contribution in [0.25, 0.3) is 5.70 Å². The summed E-state index contributed by atoms with van der Waals surface area (Å²) in [6.07, 6.45) is 1.87. The maximum atomic E-state index is 14.4. The predicted octanol–water partition coefficient (Wildman–Crippen LogP) is 4.13. The van der Waals surface area contributed by atoms with Crippen molar-refractivity contribution in [3.05, 3.63) is 74.1 Å².